The van der Waals surface area contributed by atoms with E-state index >= 15 is 0 Å². The van der Waals surface area contributed by atoms with Crippen molar-refractivity contribution in [3.63, 3.8) is 0 Å². The van der Waals surface area contributed by atoms with Gasteiger partial charge in [0.2, 0.25) is 5.91 Å². The van der Waals surface area contributed by atoms with Gasteiger partial charge in [-0.3, -0.25) is 4.79 Å². The summed E-state index contributed by atoms with van der Waals surface area (Å²) in [5, 5.41) is 0.891. The quantitative estimate of drug-likeness (QED) is 0.765. The monoisotopic (exact) mass is 309 g/mol. The Morgan fingerprint density at radius 2 is 2.38 bits per heavy atom. The Morgan fingerprint density at radius 3 is 3.10 bits per heavy atom. The van der Waals surface area contributed by atoms with Crippen molar-refractivity contribution in [2.75, 3.05) is 52.7 Å². The fourth-order valence-corrected chi connectivity index (χ4v) is 3.16. The van der Waals surface area contributed by atoms with E-state index < -0.39 is 0 Å². The standard InChI is InChI=1S/C15H23N3O2S/c1-17(2)9-13-10-18(7-8-20-11-13)15(19)12-21-14-5-3-4-6-16-14/h3-6,13H,7-12H2,1-2H3/t13-/m1/s1. The van der Waals surface area contributed by atoms with E-state index in [0.717, 1.165) is 24.7 Å². The Kier molecular flexibility index (Phi) is 6.48. The highest BCUT2D eigenvalue weighted by Gasteiger charge is 2.22. The lowest BCUT2D eigenvalue weighted by atomic mass is 10.1. The molecule has 1 atom stereocenters. The first kappa shape index (κ1) is 16.3. The summed E-state index contributed by atoms with van der Waals surface area (Å²) < 4.78 is 5.61. The van der Waals surface area contributed by atoms with Gasteiger partial charge in [-0.25, -0.2) is 4.98 Å². The number of hydrogen-bond donors (Lipinski definition) is 0. The molecule has 5 nitrogen and oxygen atoms in total. The van der Waals surface area contributed by atoms with Gasteiger partial charge in [0.15, 0.2) is 0 Å². The molecule has 0 bridgehead atoms. The second-order valence-corrected chi connectivity index (χ2v) is 6.50. The minimum atomic E-state index is 0.167. The average molecular weight is 309 g/mol. The molecule has 0 spiro atoms. The summed E-state index contributed by atoms with van der Waals surface area (Å²) in [6, 6.07) is 5.74. The van der Waals surface area contributed by atoms with Gasteiger partial charge < -0.3 is 14.5 Å². The van der Waals surface area contributed by atoms with Gasteiger partial charge in [-0.05, 0) is 26.2 Å². The molecule has 0 N–H and O–H groups in total. The van der Waals surface area contributed by atoms with Crippen molar-refractivity contribution >= 4 is 17.7 Å². The Labute approximate surface area is 130 Å². The van der Waals surface area contributed by atoms with E-state index in [4.69, 9.17) is 4.74 Å². The van der Waals surface area contributed by atoms with Crippen LogP contribution in [0.5, 0.6) is 0 Å². The molecule has 0 unspecified atom stereocenters. The molecule has 1 saturated heterocycles. The molecule has 1 aliphatic rings. The molecule has 1 fully saturated rings. The van der Waals surface area contributed by atoms with Crippen LogP contribution in [0.15, 0.2) is 29.4 Å². The van der Waals surface area contributed by atoms with Gasteiger partial charge in [-0.15, -0.1) is 0 Å². The van der Waals surface area contributed by atoms with Gasteiger partial charge in [0.25, 0.3) is 0 Å². The summed E-state index contributed by atoms with van der Waals surface area (Å²) in [5.41, 5.74) is 0. The number of amides is 1. The van der Waals surface area contributed by atoms with E-state index in [1.807, 2.05) is 37.2 Å². The molecule has 0 radical (unpaired) electrons. The lowest BCUT2D eigenvalue weighted by Crippen LogP contribution is -2.39. The van der Waals surface area contributed by atoms with Crippen LogP contribution in [-0.2, 0) is 9.53 Å². The number of thioether (sulfide) groups is 1. The van der Waals surface area contributed by atoms with Crippen LogP contribution in [0.2, 0.25) is 0 Å². The van der Waals surface area contributed by atoms with Crippen LogP contribution < -0.4 is 0 Å². The van der Waals surface area contributed by atoms with Crippen LogP contribution in [0.25, 0.3) is 0 Å². The van der Waals surface area contributed by atoms with Crippen LogP contribution in [0, 0.1) is 5.92 Å². The van der Waals surface area contributed by atoms with Crippen molar-refractivity contribution < 1.29 is 9.53 Å². The maximum Gasteiger partial charge on any atom is 0.233 e. The molecule has 6 heteroatoms. The molecular formula is C15H23N3O2S. The van der Waals surface area contributed by atoms with Crippen molar-refractivity contribution in [3.8, 4) is 0 Å². The van der Waals surface area contributed by atoms with Crippen LogP contribution in [0.1, 0.15) is 0 Å². The molecule has 0 aromatic carbocycles. The maximum absolute atomic E-state index is 12.4. The number of carbonyl (C=O) groups excluding carboxylic acids is 1. The molecule has 0 aliphatic carbocycles. The molecule has 1 aromatic heterocycles. The van der Waals surface area contributed by atoms with E-state index in [9.17, 15) is 4.79 Å². The Hall–Kier alpha value is -1.11. The van der Waals surface area contributed by atoms with Crippen molar-refractivity contribution in [1.82, 2.24) is 14.8 Å². The SMILES string of the molecule is CN(C)C[C@H]1COCCN(C(=O)CSc2ccccn2)C1. The molecule has 1 aromatic rings. The van der Waals surface area contributed by atoms with E-state index in [1.165, 1.54) is 11.8 Å². The first-order valence-electron chi connectivity index (χ1n) is 7.19. The third-order valence-electron chi connectivity index (χ3n) is 3.30. The van der Waals surface area contributed by atoms with Gasteiger partial charge in [0.1, 0.15) is 0 Å². The molecule has 116 valence electrons. The van der Waals surface area contributed by atoms with E-state index in [1.54, 1.807) is 6.20 Å². The number of nitrogens with zero attached hydrogens (tertiary/aromatic N) is 3. The topological polar surface area (TPSA) is 45.7 Å². The molecule has 21 heavy (non-hydrogen) atoms. The van der Waals surface area contributed by atoms with Crippen LogP contribution >= 0.6 is 11.8 Å². The zero-order valence-electron chi connectivity index (χ0n) is 12.7. The largest absolute Gasteiger partial charge is 0.379 e. The number of carbonyl (C=O) groups is 1. The second kappa shape index (κ2) is 8.36. The highest BCUT2D eigenvalue weighted by molar-refractivity contribution is 7.99. The number of hydrogen-bond acceptors (Lipinski definition) is 5. The normalized spacial score (nSPS) is 19.6. The first-order chi connectivity index (χ1) is 10.1. The van der Waals surface area contributed by atoms with Crippen LogP contribution in [0.3, 0.4) is 0 Å². The minimum absolute atomic E-state index is 0.167. The summed E-state index contributed by atoms with van der Waals surface area (Å²) in [6.07, 6.45) is 1.75. The highest BCUT2D eigenvalue weighted by Crippen LogP contribution is 2.16. The molecular weight excluding hydrogens is 286 g/mol. The van der Waals surface area contributed by atoms with Crippen molar-refractivity contribution in [3.05, 3.63) is 24.4 Å². The lowest BCUT2D eigenvalue weighted by molar-refractivity contribution is -0.128. The van der Waals surface area contributed by atoms with Crippen LogP contribution in [-0.4, -0.2) is 73.4 Å². The van der Waals surface area contributed by atoms with E-state index in [0.29, 0.717) is 24.8 Å². The Bertz CT molecular complexity index is 442. The molecule has 2 heterocycles. The maximum atomic E-state index is 12.4. The smallest absolute Gasteiger partial charge is 0.233 e. The third kappa shape index (κ3) is 5.65. The number of rotatable bonds is 5. The Morgan fingerprint density at radius 1 is 1.52 bits per heavy atom. The van der Waals surface area contributed by atoms with Crippen LogP contribution in [0.4, 0.5) is 0 Å². The summed E-state index contributed by atoms with van der Waals surface area (Å²) >= 11 is 1.49. The minimum Gasteiger partial charge on any atom is -0.379 e. The fraction of sp³-hybridized carbons (Fsp3) is 0.600. The summed E-state index contributed by atoms with van der Waals surface area (Å²) in [7, 11) is 4.10. The first-order valence-corrected chi connectivity index (χ1v) is 8.18. The number of ether oxygens (including phenoxy) is 1. The summed E-state index contributed by atoms with van der Waals surface area (Å²) in [6.45, 7) is 3.77. The highest BCUT2D eigenvalue weighted by atomic mass is 32.2. The second-order valence-electron chi connectivity index (χ2n) is 5.50. The van der Waals surface area contributed by atoms with Gasteiger partial charge in [0.05, 0.1) is 24.0 Å². The van der Waals surface area contributed by atoms with Crippen molar-refractivity contribution in [2.45, 2.75) is 5.03 Å². The van der Waals surface area contributed by atoms with Gasteiger partial charge in [-0.1, -0.05) is 17.8 Å². The number of aromatic nitrogens is 1. The van der Waals surface area contributed by atoms with Crippen molar-refractivity contribution in [2.24, 2.45) is 5.92 Å². The average Bonchev–Trinajstić information content (AvgIpc) is 2.71. The lowest BCUT2D eigenvalue weighted by Gasteiger charge is -2.25. The van der Waals surface area contributed by atoms with E-state index in [2.05, 4.69) is 9.88 Å². The molecule has 0 saturated carbocycles. The molecule has 1 aliphatic heterocycles. The van der Waals surface area contributed by atoms with Gasteiger partial charge in [-0.2, -0.15) is 0 Å². The van der Waals surface area contributed by atoms with E-state index in [-0.39, 0.29) is 5.91 Å². The summed E-state index contributed by atoms with van der Waals surface area (Å²) in [5.74, 6) is 0.984. The molecule has 2 rings (SSSR count). The third-order valence-corrected chi connectivity index (χ3v) is 4.22. The molecule has 1 amide bonds. The van der Waals surface area contributed by atoms with Crippen molar-refractivity contribution in [1.29, 1.82) is 0 Å². The van der Waals surface area contributed by atoms with Gasteiger partial charge >= 0.3 is 0 Å². The predicted molar refractivity (Wildman–Crippen MR) is 84.4 cm³/mol. The summed E-state index contributed by atoms with van der Waals surface area (Å²) in [4.78, 5) is 20.7. The zero-order chi connectivity index (χ0) is 15.1. The van der Waals surface area contributed by atoms with Gasteiger partial charge in [0, 0.05) is 31.7 Å². The predicted octanol–water partition coefficient (Wildman–Crippen LogP) is 1.21. The zero-order valence-corrected chi connectivity index (χ0v) is 13.5. The number of pyridine rings is 1. The fourth-order valence-electron chi connectivity index (χ4n) is 2.39. The Balaban J connectivity index is 1.85.